The van der Waals surface area contributed by atoms with E-state index in [4.69, 9.17) is 0 Å². The maximum Gasteiger partial charge on any atom is 0.320 e. The van der Waals surface area contributed by atoms with Gasteiger partial charge in [0.2, 0.25) is 0 Å². The van der Waals surface area contributed by atoms with Gasteiger partial charge in [-0.05, 0) is 36.1 Å². The summed E-state index contributed by atoms with van der Waals surface area (Å²) in [6.07, 6.45) is 4.62. The number of carbonyl (C=O) groups is 2. The molecule has 0 aliphatic heterocycles. The van der Waals surface area contributed by atoms with E-state index in [1.807, 2.05) is 6.08 Å². The Morgan fingerprint density at radius 3 is 2.05 bits per heavy atom. The lowest BCUT2D eigenvalue weighted by atomic mass is 9.92. The highest BCUT2D eigenvalue weighted by atomic mass is 79.9. The fraction of sp³-hybridized carbons (Fsp3) is 0.571. The van der Waals surface area contributed by atoms with Crippen molar-refractivity contribution in [2.45, 2.75) is 25.7 Å². The Morgan fingerprint density at radius 1 is 1.16 bits per heavy atom. The van der Waals surface area contributed by atoms with Crippen molar-refractivity contribution in [3.8, 4) is 0 Å². The Kier molecular flexibility index (Phi) is 9.21. The van der Waals surface area contributed by atoms with Crippen LogP contribution in [0.1, 0.15) is 25.7 Å². The van der Waals surface area contributed by atoms with E-state index < -0.39 is 17.9 Å². The van der Waals surface area contributed by atoms with Gasteiger partial charge in [-0.2, -0.15) is 0 Å². The van der Waals surface area contributed by atoms with Crippen LogP contribution >= 0.6 is 15.9 Å². The fourth-order valence-electron chi connectivity index (χ4n) is 1.72. The van der Waals surface area contributed by atoms with E-state index >= 15 is 0 Å². The zero-order valence-corrected chi connectivity index (χ0v) is 13.1. The standard InChI is InChI=1S/C14H21BrO4/c1-5-11(7-6-10(2)15)8-9-12(13(16)18-3)14(17)19-4/h5,11-12H,1-2,6-9H2,3-4H3. The Bertz CT molecular complexity index is 322. The van der Waals surface area contributed by atoms with Crippen molar-refractivity contribution < 1.29 is 19.1 Å². The summed E-state index contributed by atoms with van der Waals surface area (Å²) in [6, 6.07) is 0. The maximum atomic E-state index is 11.5. The topological polar surface area (TPSA) is 52.6 Å². The number of hydrogen-bond acceptors (Lipinski definition) is 4. The molecule has 19 heavy (non-hydrogen) atoms. The summed E-state index contributed by atoms with van der Waals surface area (Å²) in [7, 11) is 2.52. The van der Waals surface area contributed by atoms with E-state index in [0.717, 1.165) is 17.3 Å². The molecule has 1 atom stereocenters. The molecule has 0 aromatic carbocycles. The molecular formula is C14H21BrO4. The number of rotatable bonds is 9. The van der Waals surface area contributed by atoms with Crippen LogP contribution in [-0.4, -0.2) is 26.2 Å². The molecule has 1 unspecified atom stereocenters. The summed E-state index contributed by atoms with van der Waals surface area (Å²) in [5, 5.41) is 0. The van der Waals surface area contributed by atoms with E-state index in [1.165, 1.54) is 14.2 Å². The van der Waals surface area contributed by atoms with Crippen LogP contribution in [0.2, 0.25) is 0 Å². The lowest BCUT2D eigenvalue weighted by Gasteiger charge is -2.16. The molecule has 0 aliphatic carbocycles. The van der Waals surface area contributed by atoms with Crippen molar-refractivity contribution in [2.24, 2.45) is 11.8 Å². The van der Waals surface area contributed by atoms with Gasteiger partial charge < -0.3 is 9.47 Å². The van der Waals surface area contributed by atoms with Gasteiger partial charge in [-0.15, -0.1) is 6.58 Å². The first-order valence-corrected chi connectivity index (χ1v) is 6.87. The van der Waals surface area contributed by atoms with Crippen LogP contribution in [0.5, 0.6) is 0 Å². The maximum absolute atomic E-state index is 11.5. The van der Waals surface area contributed by atoms with Gasteiger partial charge in [0.05, 0.1) is 14.2 Å². The second-order valence-corrected chi connectivity index (χ2v) is 5.35. The zero-order valence-electron chi connectivity index (χ0n) is 11.5. The number of methoxy groups -OCH3 is 2. The molecule has 0 rings (SSSR count). The van der Waals surface area contributed by atoms with Crippen LogP contribution in [0.3, 0.4) is 0 Å². The number of halogens is 1. The third-order valence-electron chi connectivity index (χ3n) is 2.92. The predicted octanol–water partition coefficient (Wildman–Crippen LogP) is 3.22. The lowest BCUT2D eigenvalue weighted by molar-refractivity contribution is -0.159. The molecule has 0 heterocycles. The summed E-state index contributed by atoms with van der Waals surface area (Å²) >= 11 is 3.30. The van der Waals surface area contributed by atoms with Gasteiger partial charge in [0.15, 0.2) is 5.92 Å². The van der Waals surface area contributed by atoms with Crippen molar-refractivity contribution in [1.29, 1.82) is 0 Å². The Labute approximate surface area is 123 Å². The van der Waals surface area contributed by atoms with E-state index in [9.17, 15) is 9.59 Å². The zero-order chi connectivity index (χ0) is 14.8. The minimum Gasteiger partial charge on any atom is -0.468 e. The normalized spacial score (nSPS) is 11.8. The second kappa shape index (κ2) is 9.78. The first-order chi connectivity index (χ1) is 8.96. The molecule has 5 heteroatoms. The highest BCUT2D eigenvalue weighted by Gasteiger charge is 2.28. The third kappa shape index (κ3) is 7.15. The summed E-state index contributed by atoms with van der Waals surface area (Å²) in [5.41, 5.74) is 0. The summed E-state index contributed by atoms with van der Waals surface area (Å²) in [4.78, 5) is 23.0. The van der Waals surface area contributed by atoms with Crippen molar-refractivity contribution in [2.75, 3.05) is 14.2 Å². The SMILES string of the molecule is C=CC(CCC(=C)Br)CCC(C(=O)OC)C(=O)OC. The molecular weight excluding hydrogens is 312 g/mol. The van der Waals surface area contributed by atoms with Gasteiger partial charge in [-0.1, -0.05) is 28.6 Å². The molecule has 0 N–H and O–H groups in total. The van der Waals surface area contributed by atoms with Crippen molar-refractivity contribution in [3.05, 3.63) is 23.7 Å². The summed E-state index contributed by atoms with van der Waals surface area (Å²) in [6.45, 7) is 7.54. The average molecular weight is 333 g/mol. The van der Waals surface area contributed by atoms with Gasteiger partial charge in [0, 0.05) is 0 Å². The molecule has 4 nitrogen and oxygen atoms in total. The van der Waals surface area contributed by atoms with E-state index in [-0.39, 0.29) is 5.92 Å². The number of carbonyl (C=O) groups excluding carboxylic acids is 2. The quantitative estimate of drug-likeness (QED) is 0.369. The van der Waals surface area contributed by atoms with Gasteiger partial charge in [0.25, 0.3) is 0 Å². The molecule has 0 radical (unpaired) electrons. The Hall–Kier alpha value is -1.10. The molecule has 0 saturated carbocycles. The summed E-state index contributed by atoms with van der Waals surface area (Å²) in [5.74, 6) is -1.74. The average Bonchev–Trinajstić information content (AvgIpc) is 2.41. The number of hydrogen-bond donors (Lipinski definition) is 0. The van der Waals surface area contributed by atoms with Crippen molar-refractivity contribution in [3.63, 3.8) is 0 Å². The van der Waals surface area contributed by atoms with Gasteiger partial charge in [-0.25, -0.2) is 0 Å². The molecule has 0 fully saturated rings. The van der Waals surface area contributed by atoms with Crippen molar-refractivity contribution in [1.82, 2.24) is 0 Å². The Morgan fingerprint density at radius 2 is 1.68 bits per heavy atom. The van der Waals surface area contributed by atoms with Crippen LogP contribution in [0.25, 0.3) is 0 Å². The van der Waals surface area contributed by atoms with Crippen LogP contribution in [0.15, 0.2) is 23.7 Å². The van der Waals surface area contributed by atoms with E-state index in [0.29, 0.717) is 12.8 Å². The number of esters is 2. The highest BCUT2D eigenvalue weighted by molar-refractivity contribution is 9.11. The summed E-state index contributed by atoms with van der Waals surface area (Å²) < 4.78 is 10.2. The fourth-order valence-corrected chi connectivity index (χ4v) is 1.95. The monoisotopic (exact) mass is 332 g/mol. The van der Waals surface area contributed by atoms with Crippen LogP contribution in [0, 0.1) is 11.8 Å². The predicted molar refractivity (Wildman–Crippen MR) is 77.7 cm³/mol. The lowest BCUT2D eigenvalue weighted by Crippen LogP contribution is -2.27. The minimum atomic E-state index is -0.857. The molecule has 0 amide bonds. The molecule has 108 valence electrons. The first-order valence-electron chi connectivity index (χ1n) is 6.07. The molecule has 0 aromatic heterocycles. The molecule has 0 spiro atoms. The highest BCUT2D eigenvalue weighted by Crippen LogP contribution is 2.23. The first kappa shape index (κ1) is 17.9. The Balaban J connectivity index is 4.42. The molecule has 0 bridgehead atoms. The molecule has 0 aliphatic rings. The second-order valence-electron chi connectivity index (χ2n) is 4.23. The van der Waals surface area contributed by atoms with E-state index in [1.54, 1.807) is 0 Å². The molecule has 0 aromatic rings. The molecule has 0 saturated heterocycles. The van der Waals surface area contributed by atoms with Crippen LogP contribution < -0.4 is 0 Å². The smallest absolute Gasteiger partial charge is 0.320 e. The van der Waals surface area contributed by atoms with Gasteiger partial charge in [0.1, 0.15) is 0 Å². The van der Waals surface area contributed by atoms with E-state index in [2.05, 4.69) is 38.6 Å². The number of allylic oxidation sites excluding steroid dienone is 2. The van der Waals surface area contributed by atoms with Crippen LogP contribution in [0.4, 0.5) is 0 Å². The largest absolute Gasteiger partial charge is 0.468 e. The number of ether oxygens (including phenoxy) is 2. The van der Waals surface area contributed by atoms with Gasteiger partial charge >= 0.3 is 11.9 Å². The van der Waals surface area contributed by atoms with Gasteiger partial charge in [-0.3, -0.25) is 9.59 Å². The van der Waals surface area contributed by atoms with Crippen molar-refractivity contribution >= 4 is 27.9 Å². The minimum absolute atomic E-state index is 0.228. The third-order valence-corrected chi connectivity index (χ3v) is 3.31. The van der Waals surface area contributed by atoms with Crippen LogP contribution in [-0.2, 0) is 19.1 Å².